The highest BCUT2D eigenvalue weighted by molar-refractivity contribution is 5.13. The van der Waals surface area contributed by atoms with Crippen LogP contribution in [0.4, 0.5) is 0 Å². The molecule has 0 amide bonds. The van der Waals surface area contributed by atoms with Crippen molar-refractivity contribution in [2.75, 3.05) is 6.61 Å². The van der Waals surface area contributed by atoms with E-state index in [1.54, 1.807) is 12.2 Å². The van der Waals surface area contributed by atoms with E-state index in [0.29, 0.717) is 6.61 Å². The lowest BCUT2D eigenvalue weighted by Gasteiger charge is -1.98. The van der Waals surface area contributed by atoms with Gasteiger partial charge < -0.3 is 4.74 Å². The van der Waals surface area contributed by atoms with E-state index in [4.69, 9.17) is 4.74 Å². The minimum absolute atomic E-state index is 0.711. The molecule has 0 aliphatic carbocycles. The Morgan fingerprint density at radius 1 is 1.38 bits per heavy atom. The van der Waals surface area contributed by atoms with Gasteiger partial charge in [-0.3, -0.25) is 0 Å². The average molecular weight is 176 g/mol. The largest absolute Gasteiger partial charge is 0.499 e. The quantitative estimate of drug-likeness (QED) is 0.354. The zero-order chi connectivity index (χ0) is 9.94. The van der Waals surface area contributed by atoms with Crippen molar-refractivity contribution in [2.45, 2.75) is 13.8 Å². The fraction of sp³-hybridized carbons (Fsp3) is 0.250. The lowest BCUT2D eigenvalue weighted by atomic mass is 10.4. The summed E-state index contributed by atoms with van der Waals surface area (Å²) < 4.78 is 5.22. The molecule has 0 N–H and O–H groups in total. The molecule has 0 rings (SSSR count). The van der Waals surface area contributed by atoms with Crippen LogP contribution in [0.5, 0.6) is 0 Å². The summed E-state index contributed by atoms with van der Waals surface area (Å²) in [5, 5.41) is 0. The fourth-order valence-corrected chi connectivity index (χ4v) is 0.702. The molecular formula is C12H16O. The monoisotopic (exact) mass is 176 g/mol. The number of hydrogen-bond acceptors (Lipinski definition) is 1. The minimum Gasteiger partial charge on any atom is -0.499 e. The van der Waals surface area contributed by atoms with Gasteiger partial charge >= 0.3 is 0 Å². The summed E-state index contributed by atoms with van der Waals surface area (Å²) in [5.41, 5.74) is 2.92. The van der Waals surface area contributed by atoms with Crippen molar-refractivity contribution in [1.29, 1.82) is 0 Å². The van der Waals surface area contributed by atoms with Crippen LogP contribution < -0.4 is 0 Å². The summed E-state index contributed by atoms with van der Waals surface area (Å²) in [6, 6.07) is 0. The van der Waals surface area contributed by atoms with Crippen LogP contribution in [0.25, 0.3) is 0 Å². The van der Waals surface area contributed by atoms with Gasteiger partial charge in [-0.2, -0.15) is 0 Å². The van der Waals surface area contributed by atoms with Gasteiger partial charge in [-0.15, -0.1) is 5.73 Å². The average Bonchev–Trinajstić information content (AvgIpc) is 2.11. The first kappa shape index (κ1) is 11.5. The molecule has 0 atom stereocenters. The van der Waals surface area contributed by atoms with Gasteiger partial charge in [-0.25, -0.2) is 0 Å². The standard InChI is InChI=1S/C12H16O/c1-4-6-7-8-9-10-11-12(3)13-5-2/h4,6,8-11H,1,5H2,2-3H3/b10-9+,12-11-. The van der Waals surface area contributed by atoms with Crippen molar-refractivity contribution in [3.8, 4) is 0 Å². The zero-order valence-electron chi connectivity index (χ0n) is 8.29. The second-order valence-electron chi connectivity index (χ2n) is 2.33. The van der Waals surface area contributed by atoms with Crippen LogP contribution in [0.2, 0.25) is 0 Å². The topological polar surface area (TPSA) is 9.23 Å². The molecule has 0 aromatic heterocycles. The van der Waals surface area contributed by atoms with Crippen LogP contribution >= 0.6 is 0 Å². The molecule has 0 aliphatic heterocycles. The van der Waals surface area contributed by atoms with Crippen LogP contribution in [0.1, 0.15) is 13.8 Å². The first-order chi connectivity index (χ1) is 6.31. The Morgan fingerprint density at radius 2 is 2.15 bits per heavy atom. The van der Waals surface area contributed by atoms with Crippen molar-refractivity contribution >= 4 is 0 Å². The van der Waals surface area contributed by atoms with E-state index in [0.717, 1.165) is 5.76 Å². The molecule has 0 spiro atoms. The Kier molecular flexibility index (Phi) is 7.67. The molecule has 1 nitrogen and oxygen atoms in total. The van der Waals surface area contributed by atoms with Gasteiger partial charge in [0.25, 0.3) is 0 Å². The highest BCUT2D eigenvalue weighted by Crippen LogP contribution is 1.94. The van der Waals surface area contributed by atoms with Crippen LogP contribution in [0.3, 0.4) is 0 Å². The van der Waals surface area contributed by atoms with E-state index in [1.165, 1.54) is 0 Å². The van der Waals surface area contributed by atoms with E-state index in [1.807, 2.05) is 38.2 Å². The number of ether oxygens (including phenoxy) is 1. The van der Waals surface area contributed by atoms with Gasteiger partial charge in [0.15, 0.2) is 0 Å². The maximum absolute atomic E-state index is 5.22. The normalized spacial score (nSPS) is 10.8. The smallest absolute Gasteiger partial charge is 0.0928 e. The van der Waals surface area contributed by atoms with Crippen molar-refractivity contribution in [3.05, 3.63) is 54.5 Å². The van der Waals surface area contributed by atoms with Gasteiger partial charge in [0.1, 0.15) is 0 Å². The second kappa shape index (κ2) is 8.63. The molecular weight excluding hydrogens is 160 g/mol. The molecule has 13 heavy (non-hydrogen) atoms. The van der Waals surface area contributed by atoms with Crippen LogP contribution in [0, 0.1) is 0 Å². The van der Waals surface area contributed by atoms with Crippen molar-refractivity contribution < 1.29 is 4.74 Å². The lowest BCUT2D eigenvalue weighted by Crippen LogP contribution is -1.84. The van der Waals surface area contributed by atoms with Gasteiger partial charge in [0.2, 0.25) is 0 Å². The van der Waals surface area contributed by atoms with Crippen LogP contribution in [-0.4, -0.2) is 6.61 Å². The molecule has 0 bridgehead atoms. The lowest BCUT2D eigenvalue weighted by molar-refractivity contribution is 0.231. The zero-order valence-corrected chi connectivity index (χ0v) is 8.29. The molecule has 0 fully saturated rings. The summed E-state index contributed by atoms with van der Waals surface area (Å²) in [6.07, 6.45) is 11.0. The van der Waals surface area contributed by atoms with Crippen molar-refractivity contribution in [1.82, 2.24) is 0 Å². The Balaban J connectivity index is 3.92. The Morgan fingerprint density at radius 3 is 2.77 bits per heavy atom. The van der Waals surface area contributed by atoms with E-state index >= 15 is 0 Å². The summed E-state index contributed by atoms with van der Waals surface area (Å²) in [6.45, 7) is 8.14. The molecule has 0 aromatic carbocycles. The number of hydrogen-bond donors (Lipinski definition) is 0. The Labute approximate surface area is 80.4 Å². The first-order valence-electron chi connectivity index (χ1n) is 4.31. The summed E-state index contributed by atoms with van der Waals surface area (Å²) >= 11 is 0. The molecule has 0 unspecified atom stereocenters. The third-order valence-electron chi connectivity index (χ3n) is 1.22. The Hall–Kier alpha value is -1.46. The third kappa shape index (κ3) is 8.45. The molecule has 0 saturated carbocycles. The SMILES string of the molecule is C=CC=C=C/C=C/C=C(/C)OCC. The number of rotatable bonds is 5. The van der Waals surface area contributed by atoms with Crippen molar-refractivity contribution in [3.63, 3.8) is 0 Å². The molecule has 1 heteroatoms. The van der Waals surface area contributed by atoms with Gasteiger partial charge in [0.05, 0.1) is 12.4 Å². The minimum atomic E-state index is 0.711. The third-order valence-corrected chi connectivity index (χ3v) is 1.22. The van der Waals surface area contributed by atoms with Gasteiger partial charge in [-0.05, 0) is 32.1 Å². The van der Waals surface area contributed by atoms with E-state index in [9.17, 15) is 0 Å². The molecule has 0 aliphatic rings. The predicted octanol–water partition coefficient (Wildman–Crippen LogP) is 3.38. The first-order valence-corrected chi connectivity index (χ1v) is 4.31. The highest BCUT2D eigenvalue weighted by Gasteiger charge is 1.80. The Bertz CT molecular complexity index is 250. The van der Waals surface area contributed by atoms with E-state index in [2.05, 4.69) is 12.3 Å². The molecule has 70 valence electrons. The maximum Gasteiger partial charge on any atom is 0.0928 e. The fourth-order valence-electron chi connectivity index (χ4n) is 0.702. The van der Waals surface area contributed by atoms with Crippen LogP contribution in [-0.2, 0) is 4.74 Å². The highest BCUT2D eigenvalue weighted by atomic mass is 16.5. The molecule has 0 saturated heterocycles. The molecule has 0 radical (unpaired) electrons. The second-order valence-corrected chi connectivity index (χ2v) is 2.33. The predicted molar refractivity (Wildman–Crippen MR) is 57.4 cm³/mol. The van der Waals surface area contributed by atoms with Gasteiger partial charge in [-0.1, -0.05) is 24.8 Å². The molecule has 0 heterocycles. The number of allylic oxidation sites excluding steroid dienone is 6. The van der Waals surface area contributed by atoms with Crippen LogP contribution in [0.15, 0.2) is 54.5 Å². The maximum atomic E-state index is 5.22. The summed E-state index contributed by atoms with van der Waals surface area (Å²) in [5.74, 6) is 0.917. The summed E-state index contributed by atoms with van der Waals surface area (Å²) in [4.78, 5) is 0. The molecule has 0 aromatic rings. The van der Waals surface area contributed by atoms with Crippen molar-refractivity contribution in [2.24, 2.45) is 0 Å². The van der Waals surface area contributed by atoms with Gasteiger partial charge in [0, 0.05) is 0 Å². The van der Waals surface area contributed by atoms with E-state index in [-0.39, 0.29) is 0 Å². The van der Waals surface area contributed by atoms with E-state index < -0.39 is 0 Å². The summed E-state index contributed by atoms with van der Waals surface area (Å²) in [7, 11) is 0.